The van der Waals surface area contributed by atoms with Gasteiger partial charge in [-0.25, -0.2) is 0 Å². The Morgan fingerprint density at radius 1 is 1.14 bits per heavy atom. The molecule has 1 N–H and O–H groups in total. The van der Waals surface area contributed by atoms with Crippen LogP contribution in [0.4, 0.5) is 0 Å². The second kappa shape index (κ2) is 9.12. The number of nitrogens with zero attached hydrogens (tertiary/aromatic N) is 3. The van der Waals surface area contributed by atoms with Crippen LogP contribution in [0.1, 0.15) is 54.8 Å². The van der Waals surface area contributed by atoms with E-state index in [1.165, 1.54) is 11.1 Å². The summed E-state index contributed by atoms with van der Waals surface area (Å²) in [4.78, 5) is 12.0. The zero-order valence-corrected chi connectivity index (χ0v) is 18.0. The summed E-state index contributed by atoms with van der Waals surface area (Å²) in [6.45, 7) is 12.3. The molecule has 0 saturated carbocycles. The van der Waals surface area contributed by atoms with Gasteiger partial charge in [0.2, 0.25) is 0 Å². The number of methoxy groups -OCH3 is 1. The first-order chi connectivity index (χ1) is 13.4. The molecule has 0 aromatic carbocycles. The van der Waals surface area contributed by atoms with Gasteiger partial charge in [0.1, 0.15) is 0 Å². The molecule has 3 rings (SSSR count). The highest BCUT2D eigenvalue weighted by Gasteiger charge is 2.27. The summed E-state index contributed by atoms with van der Waals surface area (Å²) in [7, 11) is 1.76. The zero-order valence-electron chi connectivity index (χ0n) is 18.0. The molecule has 0 atom stereocenters. The number of nitrogens with one attached hydrogen (secondary N) is 1. The molecular formula is C23H34N4O. The van der Waals surface area contributed by atoms with Crippen molar-refractivity contribution < 1.29 is 4.74 Å². The van der Waals surface area contributed by atoms with Gasteiger partial charge in [-0.3, -0.25) is 14.9 Å². The fourth-order valence-corrected chi connectivity index (χ4v) is 4.00. The van der Waals surface area contributed by atoms with Crippen LogP contribution in [0.15, 0.2) is 30.6 Å². The Hall–Kier alpha value is -1.82. The Bertz CT molecular complexity index is 784. The number of aromatic nitrogens is 2. The fraction of sp³-hybridized carbons (Fsp3) is 0.565. The monoisotopic (exact) mass is 382 g/mol. The van der Waals surface area contributed by atoms with Gasteiger partial charge in [0, 0.05) is 44.2 Å². The second-order valence-corrected chi connectivity index (χ2v) is 8.37. The molecule has 5 nitrogen and oxygen atoms in total. The number of hydrogen-bond donors (Lipinski definition) is 1. The van der Waals surface area contributed by atoms with Gasteiger partial charge in [-0.15, -0.1) is 0 Å². The quantitative estimate of drug-likeness (QED) is 0.791. The van der Waals surface area contributed by atoms with Gasteiger partial charge in [0.15, 0.2) is 0 Å². The van der Waals surface area contributed by atoms with Crippen LogP contribution >= 0.6 is 0 Å². The molecular weight excluding hydrogens is 348 g/mol. The summed E-state index contributed by atoms with van der Waals surface area (Å²) in [6, 6.07) is 6.90. The van der Waals surface area contributed by atoms with Crippen LogP contribution in [-0.4, -0.2) is 41.1 Å². The van der Waals surface area contributed by atoms with E-state index in [0.717, 1.165) is 56.0 Å². The van der Waals surface area contributed by atoms with Crippen LogP contribution in [0.3, 0.4) is 0 Å². The van der Waals surface area contributed by atoms with Gasteiger partial charge in [0.05, 0.1) is 17.0 Å². The number of hydrogen-bond acceptors (Lipinski definition) is 5. The van der Waals surface area contributed by atoms with E-state index in [4.69, 9.17) is 14.7 Å². The molecule has 0 aliphatic carbocycles. The average Bonchev–Trinajstić information content (AvgIpc) is 2.70. The minimum absolute atomic E-state index is 0.360. The van der Waals surface area contributed by atoms with Crippen LogP contribution < -0.4 is 5.32 Å². The van der Waals surface area contributed by atoms with Crippen molar-refractivity contribution in [1.29, 1.82) is 0 Å². The fourth-order valence-electron chi connectivity index (χ4n) is 4.00. The summed E-state index contributed by atoms with van der Waals surface area (Å²) < 4.78 is 5.76. The third kappa shape index (κ3) is 4.96. The smallest absolute Gasteiger partial charge is 0.0889 e. The van der Waals surface area contributed by atoms with Crippen molar-refractivity contribution in [2.24, 2.45) is 0 Å². The third-order valence-corrected chi connectivity index (χ3v) is 5.90. The molecule has 1 fully saturated rings. The van der Waals surface area contributed by atoms with Crippen LogP contribution in [0.5, 0.6) is 0 Å². The minimum Gasteiger partial charge on any atom is -0.374 e. The number of piperidine rings is 1. The molecule has 1 aliphatic rings. The standard InChI is InChI=1S/C23H34N4O/c1-17-13-18(2)21(26-14-17)15-27(19-8-11-24-12-9-19)16-22-20(7-6-10-25-22)23(3,4)28-5/h6-7,10,13-14,19,24H,8-9,11-12,15-16H2,1-5H3. The van der Waals surface area contributed by atoms with Crippen molar-refractivity contribution in [3.63, 3.8) is 0 Å². The molecule has 0 amide bonds. The molecule has 1 aliphatic heterocycles. The van der Waals surface area contributed by atoms with Crippen LogP contribution in [-0.2, 0) is 23.4 Å². The predicted octanol–water partition coefficient (Wildman–Crippen LogP) is 3.73. The molecule has 2 aromatic heterocycles. The Kier molecular flexibility index (Phi) is 6.81. The molecule has 5 heteroatoms. The maximum absolute atomic E-state index is 5.76. The number of ether oxygens (including phenoxy) is 1. The van der Waals surface area contributed by atoms with Crippen molar-refractivity contribution in [1.82, 2.24) is 20.2 Å². The largest absolute Gasteiger partial charge is 0.374 e. The van der Waals surface area contributed by atoms with E-state index >= 15 is 0 Å². The van der Waals surface area contributed by atoms with Crippen LogP contribution in [0.2, 0.25) is 0 Å². The highest BCUT2D eigenvalue weighted by molar-refractivity contribution is 5.27. The van der Waals surface area contributed by atoms with Crippen molar-refractivity contribution in [2.45, 2.75) is 65.3 Å². The predicted molar refractivity (Wildman–Crippen MR) is 113 cm³/mol. The van der Waals surface area contributed by atoms with Gasteiger partial charge < -0.3 is 10.1 Å². The van der Waals surface area contributed by atoms with E-state index in [1.807, 2.05) is 18.5 Å². The van der Waals surface area contributed by atoms with Gasteiger partial charge in [-0.1, -0.05) is 12.1 Å². The summed E-state index contributed by atoms with van der Waals surface area (Å²) in [6.07, 6.45) is 6.17. The number of pyridine rings is 2. The lowest BCUT2D eigenvalue weighted by Crippen LogP contribution is -2.43. The van der Waals surface area contributed by atoms with Crippen LogP contribution in [0.25, 0.3) is 0 Å². The first-order valence-corrected chi connectivity index (χ1v) is 10.3. The normalized spacial score (nSPS) is 15.9. The van der Waals surface area contributed by atoms with Gasteiger partial charge >= 0.3 is 0 Å². The van der Waals surface area contributed by atoms with Gasteiger partial charge in [0.25, 0.3) is 0 Å². The highest BCUT2D eigenvalue weighted by atomic mass is 16.5. The summed E-state index contributed by atoms with van der Waals surface area (Å²) in [5.74, 6) is 0. The van der Waals surface area contributed by atoms with E-state index in [0.29, 0.717) is 6.04 Å². The number of rotatable bonds is 7. The number of aryl methyl sites for hydroxylation is 2. The average molecular weight is 383 g/mol. The molecule has 0 radical (unpaired) electrons. The summed E-state index contributed by atoms with van der Waals surface area (Å²) >= 11 is 0. The topological polar surface area (TPSA) is 50.3 Å². The lowest BCUT2D eigenvalue weighted by Gasteiger charge is -2.36. The molecule has 0 unspecified atom stereocenters. The van der Waals surface area contributed by atoms with E-state index < -0.39 is 0 Å². The Balaban J connectivity index is 1.90. The molecule has 1 saturated heterocycles. The highest BCUT2D eigenvalue weighted by Crippen LogP contribution is 2.28. The maximum Gasteiger partial charge on any atom is 0.0889 e. The maximum atomic E-state index is 5.76. The van der Waals surface area contributed by atoms with E-state index in [-0.39, 0.29) is 5.60 Å². The summed E-state index contributed by atoms with van der Waals surface area (Å²) in [5, 5.41) is 3.48. The molecule has 0 bridgehead atoms. The second-order valence-electron chi connectivity index (χ2n) is 8.37. The lowest BCUT2D eigenvalue weighted by atomic mass is 9.95. The van der Waals surface area contributed by atoms with E-state index in [2.05, 4.69) is 50.0 Å². The lowest BCUT2D eigenvalue weighted by molar-refractivity contribution is 0.0169. The molecule has 2 aromatic rings. The Labute approximate surface area is 169 Å². The third-order valence-electron chi connectivity index (χ3n) is 5.90. The Morgan fingerprint density at radius 3 is 2.54 bits per heavy atom. The zero-order chi connectivity index (χ0) is 20.1. The van der Waals surface area contributed by atoms with Crippen LogP contribution in [0, 0.1) is 13.8 Å². The first-order valence-electron chi connectivity index (χ1n) is 10.3. The van der Waals surface area contributed by atoms with Crippen molar-refractivity contribution in [3.05, 3.63) is 58.7 Å². The molecule has 0 spiro atoms. The van der Waals surface area contributed by atoms with Crippen molar-refractivity contribution >= 4 is 0 Å². The molecule has 3 heterocycles. The van der Waals surface area contributed by atoms with Gasteiger partial charge in [-0.2, -0.15) is 0 Å². The molecule has 28 heavy (non-hydrogen) atoms. The minimum atomic E-state index is -0.360. The van der Waals surface area contributed by atoms with Crippen molar-refractivity contribution in [3.8, 4) is 0 Å². The van der Waals surface area contributed by atoms with Gasteiger partial charge in [-0.05, 0) is 70.8 Å². The Morgan fingerprint density at radius 2 is 1.86 bits per heavy atom. The first kappa shape index (κ1) is 20.9. The summed E-state index contributed by atoms with van der Waals surface area (Å²) in [5.41, 5.74) is 5.53. The van der Waals surface area contributed by atoms with Crippen molar-refractivity contribution in [2.75, 3.05) is 20.2 Å². The van der Waals surface area contributed by atoms with E-state index in [1.54, 1.807) is 7.11 Å². The van der Waals surface area contributed by atoms with E-state index in [9.17, 15) is 0 Å². The molecule has 152 valence electrons. The SMILES string of the molecule is COC(C)(C)c1cccnc1CN(Cc1ncc(C)cc1C)C1CCNCC1.